The summed E-state index contributed by atoms with van der Waals surface area (Å²) in [5.41, 5.74) is 1.53. The van der Waals surface area contributed by atoms with Gasteiger partial charge in [0.15, 0.2) is 5.69 Å². The van der Waals surface area contributed by atoms with Crippen LogP contribution in [0.2, 0.25) is 0 Å². The first-order valence-corrected chi connectivity index (χ1v) is 3.18. The van der Waals surface area contributed by atoms with Crippen LogP contribution in [0.15, 0.2) is 17.3 Å². The highest BCUT2D eigenvalue weighted by molar-refractivity contribution is 5.83. The van der Waals surface area contributed by atoms with Crippen molar-refractivity contribution in [3.05, 3.63) is 12.3 Å². The van der Waals surface area contributed by atoms with Crippen LogP contribution in [-0.2, 0) is 0 Å². The van der Waals surface area contributed by atoms with Crippen molar-refractivity contribution in [2.45, 2.75) is 0 Å². The number of fused-ring (bicyclic) bond motifs is 1. The molecule has 4 nitrogen and oxygen atoms in total. The van der Waals surface area contributed by atoms with E-state index in [0.717, 1.165) is 11.4 Å². The quantitative estimate of drug-likeness (QED) is 0.596. The minimum Gasteiger partial charge on any atom is -0.479 e. The van der Waals surface area contributed by atoms with Crippen molar-refractivity contribution in [1.82, 2.24) is 10.3 Å². The van der Waals surface area contributed by atoms with E-state index in [4.69, 9.17) is 4.74 Å². The third-order valence-corrected chi connectivity index (χ3v) is 1.45. The number of rotatable bonds is 1. The summed E-state index contributed by atoms with van der Waals surface area (Å²) < 4.78 is 4.97. The number of hydrogen-bond donors (Lipinski definition) is 0. The number of methoxy groups -OCH3 is 1. The van der Waals surface area contributed by atoms with Gasteiger partial charge in [-0.05, 0) is 6.07 Å². The Balaban J connectivity index is 2.57. The van der Waals surface area contributed by atoms with E-state index < -0.39 is 0 Å². The molecule has 0 saturated carbocycles. The number of nitrogens with zero attached hydrogens (tertiary/aromatic N) is 3. The van der Waals surface area contributed by atoms with Gasteiger partial charge in [-0.1, -0.05) is 0 Å². The van der Waals surface area contributed by atoms with Crippen molar-refractivity contribution in [2.75, 3.05) is 7.11 Å². The maximum absolute atomic E-state index is 4.97. The summed E-state index contributed by atoms with van der Waals surface area (Å²) in [6.45, 7) is 0. The molecule has 11 heavy (non-hydrogen) atoms. The molecule has 0 atom stereocenters. The molecule has 1 radical (unpaired) electrons. The van der Waals surface area contributed by atoms with E-state index >= 15 is 0 Å². The highest BCUT2D eigenvalue weighted by atomic mass is 16.5. The molecular weight excluding hydrogens is 142 g/mol. The SMILES string of the molecule is COc1nccc2c1N=C[N]2. The van der Waals surface area contributed by atoms with Gasteiger partial charge in [-0.15, -0.1) is 0 Å². The smallest absolute Gasteiger partial charge is 0.241 e. The summed E-state index contributed by atoms with van der Waals surface area (Å²) in [6.07, 6.45) is 3.14. The molecule has 4 heteroatoms. The van der Waals surface area contributed by atoms with Gasteiger partial charge in [-0.2, -0.15) is 0 Å². The topological polar surface area (TPSA) is 48.6 Å². The van der Waals surface area contributed by atoms with Gasteiger partial charge < -0.3 is 4.74 Å². The molecule has 55 valence electrons. The molecule has 0 saturated heterocycles. The molecule has 0 amide bonds. The normalized spacial score (nSPS) is 12.5. The monoisotopic (exact) mass is 148 g/mol. The van der Waals surface area contributed by atoms with Crippen molar-refractivity contribution in [3.8, 4) is 5.88 Å². The molecule has 0 N–H and O–H groups in total. The Labute approximate surface area is 63.9 Å². The van der Waals surface area contributed by atoms with Crippen LogP contribution in [0.25, 0.3) is 0 Å². The number of hydrogen-bond acceptors (Lipinski definition) is 3. The van der Waals surface area contributed by atoms with Crippen LogP contribution in [0, 0.1) is 0 Å². The van der Waals surface area contributed by atoms with Gasteiger partial charge in [0, 0.05) is 6.20 Å². The highest BCUT2D eigenvalue weighted by Gasteiger charge is 2.12. The molecule has 0 aromatic carbocycles. The van der Waals surface area contributed by atoms with Gasteiger partial charge >= 0.3 is 0 Å². The van der Waals surface area contributed by atoms with Crippen LogP contribution in [0.4, 0.5) is 11.4 Å². The van der Waals surface area contributed by atoms with Crippen LogP contribution in [-0.4, -0.2) is 18.4 Å². The van der Waals surface area contributed by atoms with Crippen LogP contribution >= 0.6 is 0 Å². The van der Waals surface area contributed by atoms with Gasteiger partial charge in [0.25, 0.3) is 0 Å². The van der Waals surface area contributed by atoms with Gasteiger partial charge in [0.1, 0.15) is 6.34 Å². The Bertz CT molecular complexity index is 309. The second-order valence-corrected chi connectivity index (χ2v) is 2.06. The molecule has 1 aromatic rings. The Hall–Kier alpha value is -1.58. The minimum atomic E-state index is 0.528. The largest absolute Gasteiger partial charge is 0.479 e. The van der Waals surface area contributed by atoms with E-state index in [1.54, 1.807) is 19.4 Å². The first kappa shape index (κ1) is 6.15. The fraction of sp³-hybridized carbons (Fsp3) is 0.143. The molecule has 2 heterocycles. The summed E-state index contributed by atoms with van der Waals surface area (Å²) in [5.74, 6) is 0.528. The van der Waals surface area contributed by atoms with Crippen molar-refractivity contribution in [2.24, 2.45) is 4.99 Å². The molecule has 1 aliphatic heterocycles. The Morgan fingerprint density at radius 1 is 1.45 bits per heavy atom. The molecule has 0 fully saturated rings. The lowest BCUT2D eigenvalue weighted by molar-refractivity contribution is 0.400. The molecule has 0 bridgehead atoms. The van der Waals surface area contributed by atoms with Crippen molar-refractivity contribution >= 4 is 17.7 Å². The van der Waals surface area contributed by atoms with E-state index in [1.807, 2.05) is 0 Å². The number of pyridine rings is 1. The molecule has 1 aromatic heterocycles. The minimum absolute atomic E-state index is 0.528. The molecule has 0 unspecified atom stereocenters. The molecular formula is C7H6N3O. The number of ether oxygens (including phenoxy) is 1. The van der Waals surface area contributed by atoms with Crippen molar-refractivity contribution < 1.29 is 4.74 Å². The summed E-state index contributed by atoms with van der Waals surface area (Å²) in [5, 5.41) is 4.00. The first-order valence-electron chi connectivity index (χ1n) is 3.18. The summed E-state index contributed by atoms with van der Waals surface area (Å²) in [6, 6.07) is 1.80. The average molecular weight is 148 g/mol. The maximum atomic E-state index is 4.97. The van der Waals surface area contributed by atoms with Crippen LogP contribution in [0.1, 0.15) is 0 Å². The van der Waals surface area contributed by atoms with Crippen LogP contribution in [0.3, 0.4) is 0 Å². The fourth-order valence-electron chi connectivity index (χ4n) is 0.949. The molecule has 0 spiro atoms. The Morgan fingerprint density at radius 3 is 3.18 bits per heavy atom. The van der Waals surface area contributed by atoms with Crippen LogP contribution < -0.4 is 10.1 Å². The summed E-state index contributed by atoms with van der Waals surface area (Å²) in [7, 11) is 1.57. The zero-order chi connectivity index (χ0) is 7.68. The van der Waals surface area contributed by atoms with Crippen LogP contribution in [0.5, 0.6) is 5.88 Å². The van der Waals surface area contributed by atoms with Gasteiger partial charge in [-0.3, -0.25) is 0 Å². The third-order valence-electron chi connectivity index (χ3n) is 1.45. The number of aromatic nitrogens is 1. The first-order chi connectivity index (χ1) is 5.42. The zero-order valence-corrected chi connectivity index (χ0v) is 5.98. The number of aliphatic imine (C=N–C) groups is 1. The van der Waals surface area contributed by atoms with Gasteiger partial charge in [0.05, 0.1) is 12.8 Å². The fourth-order valence-corrected chi connectivity index (χ4v) is 0.949. The van der Waals surface area contributed by atoms with E-state index in [0.29, 0.717) is 5.88 Å². The lowest BCUT2D eigenvalue weighted by Gasteiger charge is -2.00. The Kier molecular flexibility index (Phi) is 1.25. The van der Waals surface area contributed by atoms with E-state index in [2.05, 4.69) is 15.3 Å². The molecule has 2 rings (SSSR count). The summed E-state index contributed by atoms with van der Waals surface area (Å²) >= 11 is 0. The van der Waals surface area contributed by atoms with E-state index in [-0.39, 0.29) is 0 Å². The van der Waals surface area contributed by atoms with Gasteiger partial charge in [0.2, 0.25) is 5.88 Å². The molecule has 0 aliphatic carbocycles. The van der Waals surface area contributed by atoms with E-state index in [1.165, 1.54) is 6.34 Å². The Morgan fingerprint density at radius 2 is 2.36 bits per heavy atom. The van der Waals surface area contributed by atoms with E-state index in [9.17, 15) is 0 Å². The highest BCUT2D eigenvalue weighted by Crippen LogP contribution is 2.35. The predicted octanol–water partition coefficient (Wildman–Crippen LogP) is 0.999. The average Bonchev–Trinajstić information content (AvgIpc) is 2.50. The van der Waals surface area contributed by atoms with Crippen molar-refractivity contribution in [1.29, 1.82) is 0 Å². The van der Waals surface area contributed by atoms with Gasteiger partial charge in [-0.25, -0.2) is 15.3 Å². The standard InChI is InChI=1S/C7H6N3O/c1-11-7-6-5(2-3-8-7)9-4-10-6/h2-4H,1H3. The summed E-state index contributed by atoms with van der Waals surface area (Å²) in [4.78, 5) is 7.96. The lowest BCUT2D eigenvalue weighted by Crippen LogP contribution is -1.88. The second-order valence-electron chi connectivity index (χ2n) is 2.06. The van der Waals surface area contributed by atoms with Crippen molar-refractivity contribution in [3.63, 3.8) is 0 Å². The molecule has 1 aliphatic rings. The lowest BCUT2D eigenvalue weighted by atomic mass is 10.3. The predicted molar refractivity (Wildman–Crippen MR) is 40.7 cm³/mol. The second kappa shape index (κ2) is 2.23. The third kappa shape index (κ3) is 0.832. The maximum Gasteiger partial charge on any atom is 0.241 e. The zero-order valence-electron chi connectivity index (χ0n) is 5.98.